The van der Waals surface area contributed by atoms with Gasteiger partial charge >= 0.3 is 29.8 Å². The molecule has 14 atom stereocenters. The molecule has 1 saturated heterocycles. The van der Waals surface area contributed by atoms with Gasteiger partial charge in [0.25, 0.3) is 0 Å². The van der Waals surface area contributed by atoms with Crippen LogP contribution in [0.2, 0.25) is 0 Å². The van der Waals surface area contributed by atoms with Crippen molar-refractivity contribution in [2.75, 3.05) is 33.8 Å². The summed E-state index contributed by atoms with van der Waals surface area (Å²) in [6.07, 6.45) is -7.94. The van der Waals surface area contributed by atoms with Crippen LogP contribution < -0.4 is 81.0 Å². The number of carboxylic acid groups (broad SMARTS) is 4. The van der Waals surface area contributed by atoms with Crippen molar-refractivity contribution in [2.45, 2.75) is 229 Å². The minimum atomic E-state index is -2.80. The van der Waals surface area contributed by atoms with Crippen LogP contribution in [0, 0.1) is 11.8 Å². The number of carbonyl (C=O) groups excluding carboxylic acids is 16. The molecule has 1 fully saturated rings. The highest BCUT2D eigenvalue weighted by Gasteiger charge is 2.43. The van der Waals surface area contributed by atoms with Crippen molar-refractivity contribution in [3.8, 4) is 0 Å². The van der Waals surface area contributed by atoms with Gasteiger partial charge in [0.1, 0.15) is 72.6 Å². The number of likely N-dealkylation sites (N-methyl/N-ethyl adjacent to an activating group) is 1. The Balaban J connectivity index is 2.26. The fourth-order valence-electron chi connectivity index (χ4n) is 11.7. The molecule has 0 radical (unpaired) electrons. The van der Waals surface area contributed by atoms with Gasteiger partial charge in [-0.3, -0.25) is 86.3 Å². The maximum absolute atomic E-state index is 14.9. The molecule has 115 heavy (non-hydrogen) atoms. The van der Waals surface area contributed by atoms with E-state index < -0.39 is 261 Å². The molecule has 2 aromatic rings. The number of unbranched alkanes of at least 4 members (excludes halogenated alkanes) is 4. The summed E-state index contributed by atoms with van der Waals surface area (Å²) in [6.45, 7) is 6.34. The number of H-pyrrole nitrogens is 1. The number of nitrogens with zero attached hydrogens (tertiary/aromatic N) is 1. The van der Waals surface area contributed by atoms with Crippen molar-refractivity contribution in [3.05, 3.63) is 36.0 Å². The molecule has 1 aromatic heterocycles. The minimum Gasteiger partial charge on any atom is -0.481 e. The normalized spacial score (nSPS) is 21.7. The third-order valence-corrected chi connectivity index (χ3v) is 18.0. The number of aliphatic hydroxyl groups excluding tert-OH is 1. The lowest BCUT2D eigenvalue weighted by Gasteiger charge is -2.32. The lowest BCUT2D eigenvalue weighted by molar-refractivity contribution is -0.159. The van der Waals surface area contributed by atoms with Crippen LogP contribution in [0.1, 0.15) is 143 Å². The zero-order valence-corrected chi connectivity index (χ0v) is 65.0. The monoisotopic (exact) mass is 1630 g/mol. The standard InChI is InChI=1S/C71H107N17O27/c1-33(2)17-11-9-10-12-21-47(90)78-43(27-37-30-75-39-19-14-13-18-38(37)39)64(105)81-42(23-25-51(95)96)63(104)86-55(57(99)59(74)100)68(109)85-54-36(6)115-71(113)53(34(3)4)84-62(103)41(22-24-50(93)94)82-65(106)44(28-46(73)89)79-48(91)31-76-67(108)56(58(114-8)70(111)112)87-61(102)40(20-15-16-26-72)80-66(107)45(29-52(97)98)83-60(101)35(5)77-49(92)32-88(7)69(54)110/h13-14,18-19,30,33-36,40-45,53-58,75,99H,9-12,15-17,20-29,31-32,72H2,1-8H3,(H2,73,89)(H2,74,100)(H,76,108)(H,77,92)(H,78,90)(H,79,91)(H,80,107)(H,81,105)(H,82,106)(H,83,101)(H,84,103)(H,85,109)(H,86,104)(H,87,102)(H,93,94)(H,95,96)(H,97,98)(H,111,112)/t35?,36-,40?,41?,42?,43?,44?,45?,53?,54?,55?,56?,57?,58?/m0/s1. The lowest BCUT2D eigenvalue weighted by Crippen LogP contribution is -2.64. The van der Waals surface area contributed by atoms with Crippen LogP contribution >= 0.6 is 0 Å². The van der Waals surface area contributed by atoms with E-state index in [0.29, 0.717) is 40.1 Å². The number of benzene rings is 1. The van der Waals surface area contributed by atoms with E-state index in [2.05, 4.69) is 72.0 Å². The number of aromatic amines is 1. The summed E-state index contributed by atoms with van der Waals surface area (Å²) in [7, 11) is 1.69. The van der Waals surface area contributed by atoms with E-state index >= 15 is 0 Å². The Kier molecular flexibility index (Phi) is 40.7. The fourth-order valence-corrected chi connectivity index (χ4v) is 11.7. The van der Waals surface area contributed by atoms with E-state index in [0.717, 1.165) is 47.3 Å². The van der Waals surface area contributed by atoms with E-state index in [9.17, 15) is 121 Å². The number of aromatic nitrogens is 1. The molecule has 2 heterocycles. The number of amides is 15. The van der Waals surface area contributed by atoms with Crippen molar-refractivity contribution in [1.29, 1.82) is 0 Å². The number of para-hydroxylation sites is 1. The van der Waals surface area contributed by atoms with Gasteiger partial charge < -0.3 is 126 Å². The summed E-state index contributed by atoms with van der Waals surface area (Å²) in [5.41, 5.74) is 17.7. The molecular weight excluding hydrogens is 1520 g/mol. The zero-order chi connectivity index (χ0) is 86.7. The fraction of sp³-hybridized carbons (Fsp3) is 0.606. The molecule has 15 amide bonds. The number of esters is 1. The summed E-state index contributed by atoms with van der Waals surface area (Å²) in [5, 5.41) is 77.8. The first-order valence-electron chi connectivity index (χ1n) is 37.0. The van der Waals surface area contributed by atoms with Crippen LogP contribution in [0.25, 0.3) is 10.9 Å². The summed E-state index contributed by atoms with van der Waals surface area (Å²) >= 11 is 0. The molecule has 0 saturated carbocycles. The SMILES string of the molecule is COC(C(=O)O)C1NC(=O)C(CCCCN)NC(=O)C(CC(=O)O)NC(=O)C(C)NC(=O)CN(C)C(=O)C(NC(=O)C(NC(=O)C(CCC(=O)O)NC(=O)C(Cc2c[nH]c3ccccc23)NC(=O)CCCCCCC(C)C)C(O)C(N)=O)[C@H](C)OC(=O)C(C(C)C)NC(=O)C(CCC(=O)O)NC(=O)C(CC(N)=O)NC(=O)CNC1=O. The van der Waals surface area contributed by atoms with Crippen LogP contribution in [0.15, 0.2) is 30.5 Å². The molecule has 44 nitrogen and oxygen atoms in total. The Labute approximate surface area is 659 Å². The molecule has 1 aliphatic heterocycles. The number of hydrogen-bond donors (Lipinski definition) is 21. The predicted octanol–water partition coefficient (Wildman–Crippen LogP) is -6.61. The van der Waals surface area contributed by atoms with E-state index in [1.807, 2.05) is 10.6 Å². The first kappa shape index (κ1) is 97.2. The average molecular weight is 1630 g/mol. The number of rotatable bonds is 36. The third-order valence-electron chi connectivity index (χ3n) is 18.0. The Morgan fingerprint density at radius 3 is 1.77 bits per heavy atom. The van der Waals surface area contributed by atoms with Crippen molar-refractivity contribution in [1.82, 2.24) is 73.7 Å². The number of nitrogens with two attached hydrogens (primary N) is 3. The van der Waals surface area contributed by atoms with Crippen LogP contribution in [0.5, 0.6) is 0 Å². The molecule has 638 valence electrons. The number of cyclic esters (lactones) is 1. The molecule has 1 aliphatic rings. The van der Waals surface area contributed by atoms with Gasteiger partial charge in [0.15, 0.2) is 12.2 Å². The van der Waals surface area contributed by atoms with E-state index in [1.165, 1.54) is 13.8 Å². The van der Waals surface area contributed by atoms with Crippen molar-refractivity contribution in [3.63, 3.8) is 0 Å². The van der Waals surface area contributed by atoms with Crippen LogP contribution in [-0.4, -0.2) is 272 Å². The van der Waals surface area contributed by atoms with E-state index in [4.69, 9.17) is 26.7 Å². The molecule has 0 spiro atoms. The summed E-state index contributed by atoms with van der Waals surface area (Å²) < 4.78 is 10.7. The number of nitrogens with one attached hydrogen (secondary N) is 13. The van der Waals surface area contributed by atoms with Crippen molar-refractivity contribution < 1.29 is 131 Å². The molecular formula is C71H107N17O27. The Morgan fingerprint density at radius 2 is 1.19 bits per heavy atom. The highest BCUT2D eigenvalue weighted by Crippen LogP contribution is 2.21. The number of primary amides is 2. The van der Waals surface area contributed by atoms with Gasteiger partial charge in [0, 0.05) is 56.9 Å². The summed E-state index contributed by atoms with van der Waals surface area (Å²) in [4.78, 5) is 276. The van der Waals surface area contributed by atoms with Gasteiger partial charge in [-0.15, -0.1) is 0 Å². The number of carboxylic acids is 4. The topological polar surface area (TPSA) is 702 Å². The van der Waals surface area contributed by atoms with E-state index in [-0.39, 0.29) is 38.6 Å². The molecule has 44 heteroatoms. The molecule has 3 rings (SSSR count). The Bertz CT molecular complexity index is 3830. The zero-order valence-electron chi connectivity index (χ0n) is 65.0. The van der Waals surface area contributed by atoms with Gasteiger partial charge in [-0.05, 0) is 82.4 Å². The Morgan fingerprint density at radius 1 is 0.609 bits per heavy atom. The first-order chi connectivity index (χ1) is 54.0. The van der Waals surface area contributed by atoms with Crippen LogP contribution in [-0.2, 0) is 112 Å². The summed E-state index contributed by atoms with van der Waals surface area (Å²) in [6, 6.07) is -15.7. The number of fused-ring (bicyclic) bond motifs is 1. The maximum Gasteiger partial charge on any atom is 0.335 e. The van der Waals surface area contributed by atoms with Crippen molar-refractivity contribution >= 4 is 129 Å². The first-order valence-corrected chi connectivity index (χ1v) is 37.0. The number of ether oxygens (including phenoxy) is 2. The maximum atomic E-state index is 14.9. The molecule has 13 unspecified atom stereocenters. The quantitative estimate of drug-likeness (QED) is 0.0223. The highest BCUT2D eigenvalue weighted by molar-refractivity contribution is 6.02. The third kappa shape index (κ3) is 33.3. The number of aliphatic hydroxyl groups is 1. The second-order valence-electron chi connectivity index (χ2n) is 28.2. The average Bonchev–Trinajstić information content (AvgIpc) is 1.71. The smallest absolute Gasteiger partial charge is 0.335 e. The van der Waals surface area contributed by atoms with Gasteiger partial charge in [0.2, 0.25) is 88.6 Å². The van der Waals surface area contributed by atoms with E-state index in [1.54, 1.807) is 30.5 Å². The van der Waals surface area contributed by atoms with Gasteiger partial charge in [-0.2, -0.15) is 0 Å². The number of hydrogen-bond acceptors (Lipinski definition) is 24. The number of carbonyl (C=O) groups is 20. The second kappa shape index (κ2) is 48.2. The molecule has 0 bridgehead atoms. The molecule has 24 N–H and O–H groups in total. The number of aliphatic carboxylic acids is 4. The van der Waals surface area contributed by atoms with Gasteiger partial charge in [0.05, 0.1) is 25.9 Å². The predicted molar refractivity (Wildman–Crippen MR) is 399 cm³/mol. The second-order valence-corrected chi connectivity index (χ2v) is 28.2. The highest BCUT2D eigenvalue weighted by atomic mass is 16.5. The molecule has 1 aromatic carbocycles. The van der Waals surface area contributed by atoms with Gasteiger partial charge in [-0.1, -0.05) is 71.6 Å². The molecule has 0 aliphatic carbocycles. The van der Waals surface area contributed by atoms with Gasteiger partial charge in [-0.25, -0.2) is 9.59 Å². The lowest BCUT2D eigenvalue weighted by atomic mass is 10.0. The minimum absolute atomic E-state index is 0.00526. The Hall–Kier alpha value is -12.0. The van der Waals surface area contributed by atoms with Crippen LogP contribution in [0.3, 0.4) is 0 Å². The van der Waals surface area contributed by atoms with Crippen molar-refractivity contribution in [2.24, 2.45) is 29.0 Å². The summed E-state index contributed by atoms with van der Waals surface area (Å²) in [5.74, 6) is -29.2. The van der Waals surface area contributed by atoms with Crippen LogP contribution in [0.4, 0.5) is 0 Å². The largest absolute Gasteiger partial charge is 0.481 e. The number of methoxy groups -OCH3 is 1.